The molecular formula is C18H17ClN6O2S. The Morgan fingerprint density at radius 3 is 2.75 bits per heavy atom. The third kappa shape index (κ3) is 3.71. The molecule has 1 aliphatic rings. The van der Waals surface area contributed by atoms with Crippen LogP contribution in [0.2, 0.25) is 4.34 Å². The van der Waals surface area contributed by atoms with Crippen molar-refractivity contribution in [1.82, 2.24) is 24.8 Å². The Labute approximate surface area is 169 Å². The summed E-state index contributed by atoms with van der Waals surface area (Å²) < 4.78 is 0.712. The maximum Gasteiger partial charge on any atom is 0.312 e. The number of hydrogen-bond acceptors (Lipinski definition) is 6. The number of rotatable bonds is 5. The first-order chi connectivity index (χ1) is 13.5. The molecule has 3 aromatic heterocycles. The van der Waals surface area contributed by atoms with Crippen molar-refractivity contribution in [2.24, 2.45) is 0 Å². The van der Waals surface area contributed by atoms with Gasteiger partial charge in [0.25, 0.3) is 0 Å². The standard InChI is InChI=1S/C18H17ClN6O2S/c19-14-4-3-12(28-14)2-1-5-24-6-7-25(18(27)17(24)26)9-11-8-13-15(20)21-10-22-16(13)23-11/h1-4,8,10H,5-7,9H2,(H3,20,21,22,23)/b2-1+. The Balaban J connectivity index is 1.39. The first kappa shape index (κ1) is 18.5. The van der Waals surface area contributed by atoms with E-state index < -0.39 is 11.8 Å². The van der Waals surface area contributed by atoms with Crippen LogP contribution in [0, 0.1) is 0 Å². The number of carbonyl (C=O) groups excluding carboxylic acids is 2. The molecule has 0 bridgehead atoms. The Morgan fingerprint density at radius 2 is 2.00 bits per heavy atom. The number of H-pyrrole nitrogens is 1. The lowest BCUT2D eigenvalue weighted by atomic mass is 10.2. The molecule has 1 aliphatic heterocycles. The summed E-state index contributed by atoms with van der Waals surface area (Å²) in [4.78, 5) is 40.2. The van der Waals surface area contributed by atoms with Gasteiger partial charge in [0, 0.05) is 30.2 Å². The number of piperazine rings is 1. The Kier molecular flexibility index (Phi) is 5.01. The van der Waals surface area contributed by atoms with Gasteiger partial charge in [0.05, 0.1) is 16.3 Å². The summed E-state index contributed by atoms with van der Waals surface area (Å²) in [6, 6.07) is 5.54. The predicted octanol–water partition coefficient (Wildman–Crippen LogP) is 2.14. The third-order valence-electron chi connectivity index (χ3n) is 4.47. The molecule has 144 valence electrons. The van der Waals surface area contributed by atoms with Gasteiger partial charge in [0.15, 0.2) is 0 Å². The summed E-state index contributed by atoms with van der Waals surface area (Å²) in [5.74, 6) is -0.648. The SMILES string of the molecule is Nc1ncnc2[nH]c(CN3CCN(C/C=C/c4ccc(Cl)s4)C(=O)C3=O)cc12. The molecule has 28 heavy (non-hydrogen) atoms. The van der Waals surface area contributed by atoms with Crippen molar-refractivity contribution in [2.75, 3.05) is 25.4 Å². The van der Waals surface area contributed by atoms with Crippen LogP contribution < -0.4 is 5.73 Å². The van der Waals surface area contributed by atoms with Gasteiger partial charge in [-0.3, -0.25) is 9.59 Å². The second-order valence-corrected chi connectivity index (χ2v) is 8.08. The number of halogens is 1. The van der Waals surface area contributed by atoms with Crippen LogP contribution >= 0.6 is 22.9 Å². The largest absolute Gasteiger partial charge is 0.383 e. The number of aromatic amines is 1. The van der Waals surface area contributed by atoms with Crippen LogP contribution in [0.4, 0.5) is 5.82 Å². The summed E-state index contributed by atoms with van der Waals surface area (Å²) in [5.41, 5.74) is 7.20. The molecule has 0 aliphatic carbocycles. The number of anilines is 1. The predicted molar refractivity (Wildman–Crippen MR) is 109 cm³/mol. The van der Waals surface area contributed by atoms with E-state index in [0.717, 1.165) is 10.6 Å². The Morgan fingerprint density at radius 1 is 1.21 bits per heavy atom. The van der Waals surface area contributed by atoms with Gasteiger partial charge in [-0.2, -0.15) is 0 Å². The van der Waals surface area contributed by atoms with Crippen LogP contribution in [0.5, 0.6) is 0 Å². The number of nitrogens with two attached hydrogens (primary N) is 1. The first-order valence-electron chi connectivity index (χ1n) is 8.59. The topological polar surface area (TPSA) is 108 Å². The molecule has 2 amide bonds. The van der Waals surface area contributed by atoms with Crippen LogP contribution in [0.15, 0.2) is 30.6 Å². The molecular weight excluding hydrogens is 400 g/mol. The highest BCUT2D eigenvalue weighted by molar-refractivity contribution is 7.16. The molecule has 3 N–H and O–H groups in total. The maximum atomic E-state index is 12.5. The number of fused-ring (bicyclic) bond motifs is 1. The maximum absolute atomic E-state index is 12.5. The van der Waals surface area contributed by atoms with Gasteiger partial charge in [-0.25, -0.2) is 9.97 Å². The van der Waals surface area contributed by atoms with Gasteiger partial charge in [-0.05, 0) is 24.3 Å². The zero-order valence-electron chi connectivity index (χ0n) is 14.8. The number of nitrogen functional groups attached to an aromatic ring is 1. The molecule has 1 saturated heterocycles. The molecule has 0 unspecified atom stereocenters. The van der Waals surface area contributed by atoms with Crippen molar-refractivity contribution in [2.45, 2.75) is 6.54 Å². The Bertz CT molecular complexity index is 1080. The number of nitrogens with one attached hydrogen (secondary N) is 1. The highest BCUT2D eigenvalue weighted by Crippen LogP contribution is 2.22. The lowest BCUT2D eigenvalue weighted by molar-refractivity contribution is -0.156. The fraction of sp³-hybridized carbons (Fsp3) is 0.222. The van der Waals surface area contributed by atoms with Crippen molar-refractivity contribution in [3.63, 3.8) is 0 Å². The van der Waals surface area contributed by atoms with Gasteiger partial charge in [0.1, 0.15) is 17.8 Å². The number of amides is 2. The van der Waals surface area contributed by atoms with Gasteiger partial charge in [-0.1, -0.05) is 17.7 Å². The van der Waals surface area contributed by atoms with Crippen molar-refractivity contribution in [3.8, 4) is 0 Å². The summed E-state index contributed by atoms with van der Waals surface area (Å²) in [6.45, 7) is 1.60. The zero-order chi connectivity index (χ0) is 19.7. The molecule has 4 heterocycles. The molecule has 0 radical (unpaired) electrons. The molecule has 0 aromatic carbocycles. The molecule has 8 nitrogen and oxygen atoms in total. The van der Waals surface area contributed by atoms with Gasteiger partial charge in [-0.15, -0.1) is 11.3 Å². The second kappa shape index (κ2) is 7.61. The van der Waals surface area contributed by atoms with Crippen LogP contribution in [-0.4, -0.2) is 56.2 Å². The zero-order valence-corrected chi connectivity index (χ0v) is 16.3. The third-order valence-corrected chi connectivity index (χ3v) is 5.67. The lowest BCUT2D eigenvalue weighted by Crippen LogP contribution is -2.53. The molecule has 10 heteroatoms. The first-order valence-corrected chi connectivity index (χ1v) is 9.79. The molecule has 0 atom stereocenters. The van der Waals surface area contributed by atoms with Crippen LogP contribution in [0.1, 0.15) is 10.6 Å². The molecule has 1 fully saturated rings. The van der Waals surface area contributed by atoms with Crippen molar-refractivity contribution in [1.29, 1.82) is 0 Å². The quantitative estimate of drug-likeness (QED) is 0.619. The summed E-state index contributed by atoms with van der Waals surface area (Å²) >= 11 is 7.36. The summed E-state index contributed by atoms with van der Waals surface area (Å²) in [5, 5.41) is 0.703. The van der Waals surface area contributed by atoms with E-state index in [1.165, 1.54) is 22.6 Å². The van der Waals surface area contributed by atoms with E-state index in [0.29, 0.717) is 40.8 Å². The minimum Gasteiger partial charge on any atom is -0.383 e. The molecule has 3 aromatic rings. The highest BCUT2D eigenvalue weighted by Gasteiger charge is 2.32. The fourth-order valence-electron chi connectivity index (χ4n) is 3.06. The number of thiophene rings is 1. The monoisotopic (exact) mass is 416 g/mol. The van der Waals surface area contributed by atoms with E-state index in [1.807, 2.05) is 30.4 Å². The van der Waals surface area contributed by atoms with Gasteiger partial charge >= 0.3 is 11.8 Å². The average Bonchev–Trinajstić information content (AvgIpc) is 3.27. The average molecular weight is 417 g/mol. The van der Waals surface area contributed by atoms with E-state index in [-0.39, 0.29) is 6.54 Å². The van der Waals surface area contributed by atoms with Crippen molar-refractivity contribution < 1.29 is 9.59 Å². The molecule has 0 saturated carbocycles. The highest BCUT2D eigenvalue weighted by atomic mass is 35.5. The normalized spacial score (nSPS) is 15.3. The number of nitrogens with zero attached hydrogens (tertiary/aromatic N) is 4. The number of hydrogen-bond donors (Lipinski definition) is 2. The number of carbonyl (C=O) groups is 2. The van der Waals surface area contributed by atoms with Crippen LogP contribution in [0.25, 0.3) is 17.1 Å². The molecule has 4 rings (SSSR count). The van der Waals surface area contributed by atoms with Crippen molar-refractivity contribution >= 4 is 57.7 Å². The van der Waals surface area contributed by atoms with E-state index in [2.05, 4.69) is 15.0 Å². The minimum atomic E-state index is -0.517. The van der Waals surface area contributed by atoms with E-state index >= 15 is 0 Å². The lowest BCUT2D eigenvalue weighted by Gasteiger charge is -2.32. The Hall–Kier alpha value is -2.91. The minimum absolute atomic E-state index is 0.289. The van der Waals surface area contributed by atoms with E-state index in [1.54, 1.807) is 4.90 Å². The van der Waals surface area contributed by atoms with Crippen molar-refractivity contribution in [3.05, 3.63) is 45.5 Å². The molecule has 0 spiro atoms. The fourth-order valence-corrected chi connectivity index (χ4v) is 4.05. The summed E-state index contributed by atoms with van der Waals surface area (Å²) in [7, 11) is 0. The smallest absolute Gasteiger partial charge is 0.312 e. The van der Waals surface area contributed by atoms with Gasteiger partial charge < -0.3 is 20.5 Å². The van der Waals surface area contributed by atoms with E-state index in [9.17, 15) is 9.59 Å². The second-order valence-electron chi connectivity index (χ2n) is 6.34. The van der Waals surface area contributed by atoms with Crippen LogP contribution in [0.3, 0.4) is 0 Å². The van der Waals surface area contributed by atoms with Crippen LogP contribution in [-0.2, 0) is 16.1 Å². The number of aromatic nitrogens is 3. The van der Waals surface area contributed by atoms with E-state index in [4.69, 9.17) is 17.3 Å². The van der Waals surface area contributed by atoms with Gasteiger partial charge in [0.2, 0.25) is 0 Å². The summed E-state index contributed by atoms with van der Waals surface area (Å²) in [6.07, 6.45) is 5.14.